The van der Waals surface area contributed by atoms with E-state index in [0.29, 0.717) is 22.7 Å². The van der Waals surface area contributed by atoms with Crippen LogP contribution in [-0.2, 0) is 19.7 Å². The lowest BCUT2D eigenvalue weighted by atomic mass is 9.79. The highest BCUT2D eigenvalue weighted by Crippen LogP contribution is 2.47. The second-order valence-corrected chi connectivity index (χ2v) is 8.29. The molecule has 2 heterocycles. The minimum absolute atomic E-state index is 0.0339. The first-order valence-corrected chi connectivity index (χ1v) is 10.3. The second-order valence-electron chi connectivity index (χ2n) is 8.29. The first-order valence-electron chi connectivity index (χ1n) is 10.3. The molecule has 168 valence electrons. The van der Waals surface area contributed by atoms with E-state index in [1.807, 2.05) is 13.8 Å². The molecule has 0 aliphatic carbocycles. The van der Waals surface area contributed by atoms with Crippen molar-refractivity contribution in [1.82, 2.24) is 4.98 Å². The zero-order chi connectivity index (χ0) is 23.1. The van der Waals surface area contributed by atoms with Gasteiger partial charge in [0.15, 0.2) is 0 Å². The smallest absolute Gasteiger partial charge is 0.419 e. The Hall–Kier alpha value is -3.16. The van der Waals surface area contributed by atoms with E-state index < -0.39 is 35.2 Å². The zero-order valence-electron chi connectivity index (χ0n) is 17.9. The second kappa shape index (κ2) is 8.07. The fourth-order valence-electron chi connectivity index (χ4n) is 4.28. The fourth-order valence-corrected chi connectivity index (χ4v) is 4.28. The number of hydrogen-bond donors (Lipinski definition) is 0. The van der Waals surface area contributed by atoms with Crippen molar-refractivity contribution >= 4 is 33.5 Å². The summed E-state index contributed by atoms with van der Waals surface area (Å²) in [4.78, 5) is 21.6. The number of methoxy groups -OCH3 is 1. The number of ether oxygens (including phenoxy) is 2. The zero-order valence-corrected chi connectivity index (χ0v) is 17.9. The first-order chi connectivity index (χ1) is 15.2. The van der Waals surface area contributed by atoms with Crippen LogP contribution in [0.1, 0.15) is 26.0 Å². The van der Waals surface area contributed by atoms with Gasteiger partial charge >= 0.3 is 12.1 Å². The van der Waals surface area contributed by atoms with Gasteiger partial charge in [0.25, 0.3) is 5.41 Å². The van der Waals surface area contributed by atoms with Crippen LogP contribution >= 0.6 is 0 Å². The van der Waals surface area contributed by atoms with Crippen LogP contribution < -0.4 is 0 Å². The minimum Gasteiger partial charge on any atom is -0.477 e. The number of para-hydroxylation sites is 1. The summed E-state index contributed by atoms with van der Waals surface area (Å²) in [6, 6.07) is 13.0. The number of carbonyl (C=O) groups is 1. The predicted octanol–water partition coefficient (Wildman–Crippen LogP) is 5.20. The summed E-state index contributed by atoms with van der Waals surface area (Å²) in [7, 11) is 0.924. The Bertz CT molecular complexity index is 1210. The Morgan fingerprint density at radius 2 is 1.72 bits per heavy atom. The van der Waals surface area contributed by atoms with Gasteiger partial charge in [-0.25, -0.2) is 4.99 Å². The van der Waals surface area contributed by atoms with Crippen LogP contribution in [0.2, 0.25) is 0 Å². The summed E-state index contributed by atoms with van der Waals surface area (Å²) < 4.78 is 55.1. The van der Waals surface area contributed by atoms with Crippen LogP contribution in [0.25, 0.3) is 21.7 Å². The van der Waals surface area contributed by atoms with Crippen molar-refractivity contribution in [2.24, 2.45) is 10.9 Å². The molecule has 0 bridgehead atoms. The molecule has 2 aromatic carbocycles. The van der Waals surface area contributed by atoms with Crippen LogP contribution in [0.3, 0.4) is 0 Å². The third kappa shape index (κ3) is 3.38. The molecule has 0 saturated heterocycles. The number of alkyl halides is 3. The number of carbonyl (C=O) groups excluding carboxylic acids is 1. The van der Waals surface area contributed by atoms with Crippen LogP contribution in [0.5, 0.6) is 0 Å². The van der Waals surface area contributed by atoms with E-state index in [1.165, 1.54) is 6.07 Å². The van der Waals surface area contributed by atoms with E-state index >= 15 is 0 Å². The Morgan fingerprint density at radius 3 is 2.34 bits per heavy atom. The third-order valence-electron chi connectivity index (χ3n) is 5.66. The number of aliphatic imine (C=N–C) groups is 1. The van der Waals surface area contributed by atoms with Crippen LogP contribution in [0, 0.1) is 5.92 Å². The molecule has 0 radical (unpaired) electrons. The number of hydrogen-bond acceptors (Lipinski definition) is 5. The lowest BCUT2D eigenvalue weighted by Crippen LogP contribution is -2.56. The molecule has 1 aliphatic rings. The highest BCUT2D eigenvalue weighted by molar-refractivity contribution is 6.15. The van der Waals surface area contributed by atoms with Crippen LogP contribution in [0.15, 0.2) is 53.5 Å². The summed E-state index contributed by atoms with van der Waals surface area (Å²) in [6.07, 6.45) is -4.58. The van der Waals surface area contributed by atoms with E-state index in [9.17, 15) is 18.0 Å². The van der Waals surface area contributed by atoms with E-state index in [1.54, 1.807) is 42.5 Å². The lowest BCUT2D eigenvalue weighted by Gasteiger charge is -2.32. The first kappa shape index (κ1) is 22.0. The SMILES string of the molecule is COC(=O)C(C1=NC(CC(C)C)CO1)(c1nc2ccccc2c2ccccc12)C(F)(F)F. The largest absolute Gasteiger partial charge is 0.477 e. The number of pyridine rings is 1. The van der Waals surface area contributed by atoms with Crippen molar-refractivity contribution in [2.45, 2.75) is 37.9 Å². The van der Waals surface area contributed by atoms with Gasteiger partial charge in [0.1, 0.15) is 6.61 Å². The molecular weight excluding hydrogens is 421 g/mol. The maximum atomic E-state index is 15.0. The van der Waals surface area contributed by atoms with Crippen molar-refractivity contribution in [3.63, 3.8) is 0 Å². The highest BCUT2D eigenvalue weighted by Gasteiger charge is 2.70. The van der Waals surface area contributed by atoms with Gasteiger partial charge in [0.2, 0.25) is 5.90 Å². The standard InChI is InChI=1S/C24H23F3N2O3/c1-14(2)12-15-13-32-21(28-15)23(22(30)31-3,24(25,26)27)20-18-10-5-4-8-16(18)17-9-6-7-11-19(17)29-20/h4-11,14-15H,12-13H2,1-3H3. The summed E-state index contributed by atoms with van der Waals surface area (Å²) in [5.41, 5.74) is -3.44. The number of benzene rings is 2. The maximum absolute atomic E-state index is 15.0. The van der Waals surface area contributed by atoms with Gasteiger partial charge in [-0.15, -0.1) is 0 Å². The molecule has 3 aromatic rings. The summed E-state index contributed by atoms with van der Waals surface area (Å²) >= 11 is 0. The molecule has 4 rings (SSSR count). The van der Waals surface area contributed by atoms with Crippen molar-refractivity contribution in [2.75, 3.05) is 13.7 Å². The molecule has 8 heteroatoms. The molecule has 0 spiro atoms. The molecule has 0 amide bonds. The fraction of sp³-hybridized carbons (Fsp3) is 0.375. The molecule has 0 fully saturated rings. The molecule has 0 N–H and O–H groups in total. The molecule has 32 heavy (non-hydrogen) atoms. The molecule has 1 aromatic heterocycles. The van der Waals surface area contributed by atoms with E-state index in [-0.39, 0.29) is 17.9 Å². The topological polar surface area (TPSA) is 60.8 Å². The molecule has 1 aliphatic heterocycles. The van der Waals surface area contributed by atoms with Crippen molar-refractivity contribution in [1.29, 1.82) is 0 Å². The van der Waals surface area contributed by atoms with Gasteiger partial charge in [0.05, 0.1) is 24.4 Å². The van der Waals surface area contributed by atoms with Crippen molar-refractivity contribution in [3.8, 4) is 0 Å². The summed E-state index contributed by atoms with van der Waals surface area (Å²) in [5, 5.41) is 1.41. The number of esters is 1. The van der Waals surface area contributed by atoms with Gasteiger partial charge < -0.3 is 9.47 Å². The van der Waals surface area contributed by atoms with Crippen molar-refractivity contribution in [3.05, 3.63) is 54.2 Å². The van der Waals surface area contributed by atoms with Crippen molar-refractivity contribution < 1.29 is 27.4 Å². The maximum Gasteiger partial charge on any atom is 0.419 e. The van der Waals surface area contributed by atoms with Gasteiger partial charge in [-0.1, -0.05) is 56.3 Å². The number of nitrogens with zero attached hydrogens (tertiary/aromatic N) is 2. The molecule has 0 saturated carbocycles. The number of aromatic nitrogens is 1. The third-order valence-corrected chi connectivity index (χ3v) is 5.66. The van der Waals surface area contributed by atoms with Gasteiger partial charge in [-0.2, -0.15) is 13.2 Å². The summed E-state index contributed by atoms with van der Waals surface area (Å²) in [5.74, 6) is -2.04. The van der Waals surface area contributed by atoms with Gasteiger partial charge in [-0.05, 0) is 23.8 Å². The number of rotatable bonds is 5. The number of fused-ring (bicyclic) bond motifs is 3. The Balaban J connectivity index is 2.10. The number of halogens is 3. The molecule has 2 unspecified atom stereocenters. The Labute approximate surface area is 183 Å². The molecule has 2 atom stereocenters. The molecular formula is C24H23F3N2O3. The van der Waals surface area contributed by atoms with Gasteiger partial charge in [-0.3, -0.25) is 9.78 Å². The monoisotopic (exact) mass is 444 g/mol. The minimum atomic E-state index is -5.11. The van der Waals surface area contributed by atoms with E-state index in [0.717, 1.165) is 7.11 Å². The average molecular weight is 444 g/mol. The average Bonchev–Trinajstić information content (AvgIpc) is 3.20. The van der Waals surface area contributed by atoms with Gasteiger partial charge in [0, 0.05) is 10.8 Å². The van der Waals surface area contributed by atoms with E-state index in [4.69, 9.17) is 9.47 Å². The lowest BCUT2D eigenvalue weighted by molar-refractivity contribution is -0.195. The Morgan fingerprint density at radius 1 is 1.09 bits per heavy atom. The summed E-state index contributed by atoms with van der Waals surface area (Å²) in [6.45, 7) is 3.86. The normalized spacial score (nSPS) is 18.5. The van der Waals surface area contributed by atoms with Crippen LogP contribution in [-0.4, -0.2) is 42.8 Å². The quantitative estimate of drug-likeness (QED) is 0.401. The predicted molar refractivity (Wildman–Crippen MR) is 116 cm³/mol. The Kier molecular flexibility index (Phi) is 5.56. The highest BCUT2D eigenvalue weighted by atomic mass is 19.4. The van der Waals surface area contributed by atoms with Crippen LogP contribution in [0.4, 0.5) is 13.2 Å². The van der Waals surface area contributed by atoms with E-state index in [2.05, 4.69) is 9.98 Å². The molecule has 5 nitrogen and oxygen atoms in total.